The molecule has 0 N–H and O–H groups in total. The predicted molar refractivity (Wildman–Crippen MR) is 73.2 cm³/mol. The lowest BCUT2D eigenvalue weighted by Gasteiger charge is -2.04. The van der Waals surface area contributed by atoms with Gasteiger partial charge in [-0.15, -0.1) is 0 Å². The number of imidazole rings is 1. The van der Waals surface area contributed by atoms with Crippen LogP contribution in [-0.4, -0.2) is 9.55 Å². The zero-order valence-corrected chi connectivity index (χ0v) is 10.9. The van der Waals surface area contributed by atoms with Crippen molar-refractivity contribution in [2.24, 2.45) is 0 Å². The topological polar surface area (TPSA) is 17.8 Å². The van der Waals surface area contributed by atoms with E-state index in [1.807, 2.05) is 6.33 Å². The van der Waals surface area contributed by atoms with Crippen molar-refractivity contribution in [3.8, 4) is 0 Å². The summed E-state index contributed by atoms with van der Waals surface area (Å²) < 4.78 is 2.28. The van der Waals surface area contributed by atoms with Crippen molar-refractivity contribution in [1.29, 1.82) is 0 Å². The van der Waals surface area contributed by atoms with Crippen LogP contribution in [0.1, 0.15) is 44.6 Å². The molecule has 0 aliphatic heterocycles. The predicted octanol–water partition coefficient (Wildman–Crippen LogP) is 4.32. The van der Waals surface area contributed by atoms with Gasteiger partial charge in [0.25, 0.3) is 0 Å². The molecule has 2 nitrogen and oxygen atoms in total. The molecule has 0 radical (unpaired) electrons. The molecule has 0 spiro atoms. The SMILES string of the molecule is CCCCCCCn1cnc2cc(C)ccc21. The summed E-state index contributed by atoms with van der Waals surface area (Å²) in [7, 11) is 0. The molecule has 0 aliphatic rings. The molecule has 0 aliphatic carbocycles. The number of aryl methyl sites for hydroxylation is 2. The van der Waals surface area contributed by atoms with Gasteiger partial charge in [-0.3, -0.25) is 0 Å². The number of rotatable bonds is 6. The van der Waals surface area contributed by atoms with Gasteiger partial charge in [0.1, 0.15) is 0 Å². The number of benzene rings is 1. The Bertz CT molecular complexity index is 471. The highest BCUT2D eigenvalue weighted by molar-refractivity contribution is 5.75. The average molecular weight is 230 g/mol. The molecule has 0 fully saturated rings. The van der Waals surface area contributed by atoms with E-state index >= 15 is 0 Å². The van der Waals surface area contributed by atoms with E-state index < -0.39 is 0 Å². The van der Waals surface area contributed by atoms with Crippen molar-refractivity contribution in [1.82, 2.24) is 9.55 Å². The van der Waals surface area contributed by atoms with Gasteiger partial charge >= 0.3 is 0 Å². The zero-order chi connectivity index (χ0) is 12.1. The highest BCUT2D eigenvalue weighted by atomic mass is 15.0. The Balaban J connectivity index is 1.95. The quantitative estimate of drug-likeness (QED) is 0.676. The summed E-state index contributed by atoms with van der Waals surface area (Å²) in [4.78, 5) is 4.46. The number of aromatic nitrogens is 2. The van der Waals surface area contributed by atoms with E-state index in [2.05, 4.69) is 41.6 Å². The van der Waals surface area contributed by atoms with Crippen LogP contribution in [0.25, 0.3) is 11.0 Å². The maximum atomic E-state index is 4.46. The van der Waals surface area contributed by atoms with Crippen LogP contribution in [0, 0.1) is 6.92 Å². The Hall–Kier alpha value is -1.31. The van der Waals surface area contributed by atoms with Crippen LogP contribution < -0.4 is 0 Å². The zero-order valence-electron chi connectivity index (χ0n) is 10.9. The molecule has 2 heteroatoms. The first-order valence-electron chi connectivity index (χ1n) is 6.72. The monoisotopic (exact) mass is 230 g/mol. The van der Waals surface area contributed by atoms with Crippen LogP contribution in [0.5, 0.6) is 0 Å². The summed E-state index contributed by atoms with van der Waals surface area (Å²) in [5.41, 5.74) is 3.68. The third-order valence-electron chi connectivity index (χ3n) is 3.28. The van der Waals surface area contributed by atoms with Gasteiger partial charge in [-0.2, -0.15) is 0 Å². The van der Waals surface area contributed by atoms with E-state index in [1.165, 1.54) is 43.2 Å². The number of nitrogens with zero attached hydrogens (tertiary/aromatic N) is 2. The molecule has 1 heterocycles. The standard InChI is InChI=1S/C15H22N2/c1-3-4-5-6-7-10-17-12-16-14-11-13(2)8-9-15(14)17/h8-9,11-12H,3-7,10H2,1-2H3. The Labute approximate surface area is 104 Å². The fourth-order valence-electron chi connectivity index (χ4n) is 2.24. The highest BCUT2D eigenvalue weighted by Crippen LogP contribution is 2.15. The molecular weight excluding hydrogens is 208 g/mol. The second-order valence-corrected chi connectivity index (χ2v) is 4.84. The van der Waals surface area contributed by atoms with Gasteiger partial charge in [0, 0.05) is 6.54 Å². The summed E-state index contributed by atoms with van der Waals surface area (Å²) in [6.07, 6.45) is 8.61. The number of unbranched alkanes of at least 4 members (excludes halogenated alkanes) is 4. The minimum Gasteiger partial charge on any atom is -0.331 e. The lowest BCUT2D eigenvalue weighted by Crippen LogP contribution is -1.96. The van der Waals surface area contributed by atoms with E-state index in [4.69, 9.17) is 0 Å². The van der Waals surface area contributed by atoms with Crippen LogP contribution in [0.4, 0.5) is 0 Å². The second-order valence-electron chi connectivity index (χ2n) is 4.84. The van der Waals surface area contributed by atoms with Crippen LogP contribution >= 0.6 is 0 Å². The Morgan fingerprint density at radius 3 is 2.76 bits per heavy atom. The molecule has 0 saturated heterocycles. The third-order valence-corrected chi connectivity index (χ3v) is 3.28. The molecule has 2 rings (SSSR count). The first kappa shape index (κ1) is 12.2. The summed E-state index contributed by atoms with van der Waals surface area (Å²) >= 11 is 0. The number of fused-ring (bicyclic) bond motifs is 1. The van der Waals surface area contributed by atoms with Crippen LogP contribution in [0.15, 0.2) is 24.5 Å². The molecule has 0 atom stereocenters. The Morgan fingerprint density at radius 2 is 1.94 bits per heavy atom. The molecule has 0 saturated carbocycles. The van der Waals surface area contributed by atoms with Crippen LogP contribution in [0.2, 0.25) is 0 Å². The summed E-state index contributed by atoms with van der Waals surface area (Å²) in [6, 6.07) is 6.50. The highest BCUT2D eigenvalue weighted by Gasteiger charge is 2.01. The van der Waals surface area contributed by atoms with E-state index in [1.54, 1.807) is 0 Å². The minimum absolute atomic E-state index is 1.10. The third kappa shape index (κ3) is 3.09. The number of hydrogen-bond acceptors (Lipinski definition) is 1. The lowest BCUT2D eigenvalue weighted by atomic mass is 10.1. The van der Waals surface area contributed by atoms with Crippen molar-refractivity contribution in [3.63, 3.8) is 0 Å². The molecule has 1 aromatic heterocycles. The largest absolute Gasteiger partial charge is 0.331 e. The van der Waals surface area contributed by atoms with Gasteiger partial charge < -0.3 is 4.57 Å². The molecule has 1 aromatic carbocycles. The van der Waals surface area contributed by atoms with Crippen molar-refractivity contribution in [3.05, 3.63) is 30.1 Å². The van der Waals surface area contributed by atoms with Gasteiger partial charge in [-0.05, 0) is 31.0 Å². The van der Waals surface area contributed by atoms with Gasteiger partial charge in [0.2, 0.25) is 0 Å². The van der Waals surface area contributed by atoms with Gasteiger partial charge in [0.15, 0.2) is 0 Å². The molecule has 92 valence electrons. The Morgan fingerprint density at radius 1 is 1.12 bits per heavy atom. The first-order chi connectivity index (χ1) is 8.31. The van der Waals surface area contributed by atoms with Crippen molar-refractivity contribution in [2.45, 2.75) is 52.5 Å². The summed E-state index contributed by atoms with van der Waals surface area (Å²) in [5, 5.41) is 0. The van der Waals surface area contributed by atoms with Crippen molar-refractivity contribution in [2.75, 3.05) is 0 Å². The molecule has 2 aromatic rings. The van der Waals surface area contributed by atoms with Gasteiger partial charge in [-0.25, -0.2) is 4.98 Å². The number of hydrogen-bond donors (Lipinski definition) is 0. The van der Waals surface area contributed by atoms with Crippen molar-refractivity contribution >= 4 is 11.0 Å². The van der Waals surface area contributed by atoms with E-state index in [0.717, 1.165) is 12.1 Å². The van der Waals surface area contributed by atoms with Crippen LogP contribution in [0.3, 0.4) is 0 Å². The van der Waals surface area contributed by atoms with E-state index in [9.17, 15) is 0 Å². The molecule has 0 bridgehead atoms. The second kappa shape index (κ2) is 5.85. The lowest BCUT2D eigenvalue weighted by molar-refractivity contribution is 0.575. The molecule has 17 heavy (non-hydrogen) atoms. The summed E-state index contributed by atoms with van der Waals surface area (Å²) in [5.74, 6) is 0. The molecule has 0 amide bonds. The van der Waals surface area contributed by atoms with Gasteiger partial charge in [0.05, 0.1) is 17.4 Å². The smallest absolute Gasteiger partial charge is 0.0958 e. The average Bonchev–Trinajstić information content (AvgIpc) is 2.71. The van der Waals surface area contributed by atoms with E-state index in [0.29, 0.717) is 0 Å². The molecular formula is C15H22N2. The Kier molecular flexibility index (Phi) is 4.18. The first-order valence-corrected chi connectivity index (χ1v) is 6.72. The maximum absolute atomic E-state index is 4.46. The molecule has 0 unspecified atom stereocenters. The maximum Gasteiger partial charge on any atom is 0.0958 e. The normalized spacial score (nSPS) is 11.2. The summed E-state index contributed by atoms with van der Waals surface area (Å²) in [6.45, 7) is 5.47. The van der Waals surface area contributed by atoms with E-state index in [-0.39, 0.29) is 0 Å². The van der Waals surface area contributed by atoms with Gasteiger partial charge in [-0.1, -0.05) is 38.7 Å². The van der Waals surface area contributed by atoms with Crippen LogP contribution in [-0.2, 0) is 6.54 Å². The minimum atomic E-state index is 1.10. The fourth-order valence-corrected chi connectivity index (χ4v) is 2.24. The fraction of sp³-hybridized carbons (Fsp3) is 0.533. The van der Waals surface area contributed by atoms with Crippen molar-refractivity contribution < 1.29 is 0 Å².